The molecule has 0 fully saturated rings. The lowest BCUT2D eigenvalue weighted by Gasteiger charge is -2.16. The summed E-state index contributed by atoms with van der Waals surface area (Å²) in [5.74, 6) is 0.202. The molecular weight excluding hydrogens is 178 g/mol. The molecule has 3 N–H and O–H groups in total. The van der Waals surface area contributed by atoms with Crippen LogP contribution in [-0.4, -0.2) is 5.11 Å². The van der Waals surface area contributed by atoms with E-state index in [1.54, 1.807) is 18.4 Å². The molecule has 2 aromatic rings. The van der Waals surface area contributed by atoms with Crippen molar-refractivity contribution in [2.75, 3.05) is 0 Å². The zero-order valence-electron chi connectivity index (χ0n) is 8.24. The molecule has 0 bridgehead atoms. The van der Waals surface area contributed by atoms with Gasteiger partial charge in [-0.3, -0.25) is 0 Å². The molecule has 2 rings (SSSR count). The predicted octanol–water partition coefficient (Wildman–Crippen LogP) is 2.33. The van der Waals surface area contributed by atoms with Gasteiger partial charge in [0.05, 0.1) is 6.26 Å². The minimum atomic E-state index is -0.428. The molecule has 0 spiro atoms. The lowest BCUT2D eigenvalue weighted by atomic mass is 9.95. The first-order chi connectivity index (χ1) is 6.48. The number of nitrogens with two attached hydrogens (primary N) is 1. The minimum Gasteiger partial charge on any atom is -0.508 e. The predicted molar refractivity (Wildman–Crippen MR) is 55.1 cm³/mol. The van der Waals surface area contributed by atoms with E-state index in [-0.39, 0.29) is 5.75 Å². The third kappa shape index (κ3) is 1.36. The van der Waals surface area contributed by atoms with Crippen molar-refractivity contribution in [3.05, 3.63) is 30.0 Å². The van der Waals surface area contributed by atoms with Crippen molar-refractivity contribution >= 4 is 11.0 Å². The number of furan rings is 1. The van der Waals surface area contributed by atoms with E-state index in [4.69, 9.17) is 10.2 Å². The smallest absolute Gasteiger partial charge is 0.137 e. The molecule has 0 unspecified atom stereocenters. The van der Waals surface area contributed by atoms with Gasteiger partial charge in [-0.25, -0.2) is 0 Å². The molecule has 1 aromatic carbocycles. The molecule has 0 aliphatic carbocycles. The summed E-state index contributed by atoms with van der Waals surface area (Å²) in [6.07, 6.45) is 1.64. The first-order valence-corrected chi connectivity index (χ1v) is 4.48. The SMILES string of the molecule is CC(C)(N)c1coc2cc(O)ccc12. The van der Waals surface area contributed by atoms with E-state index in [1.165, 1.54) is 0 Å². The van der Waals surface area contributed by atoms with Crippen LogP contribution < -0.4 is 5.73 Å². The van der Waals surface area contributed by atoms with Crippen LogP contribution in [0.5, 0.6) is 5.75 Å². The molecule has 0 amide bonds. The van der Waals surface area contributed by atoms with E-state index in [9.17, 15) is 5.11 Å². The molecule has 0 atom stereocenters. The Morgan fingerprint density at radius 1 is 1.36 bits per heavy atom. The van der Waals surface area contributed by atoms with Gasteiger partial charge in [-0.2, -0.15) is 0 Å². The summed E-state index contributed by atoms with van der Waals surface area (Å²) in [7, 11) is 0. The third-order valence-electron chi connectivity index (χ3n) is 2.25. The van der Waals surface area contributed by atoms with Crippen LogP contribution in [0.2, 0.25) is 0 Å². The molecule has 1 aromatic heterocycles. The maximum absolute atomic E-state index is 9.25. The van der Waals surface area contributed by atoms with E-state index >= 15 is 0 Å². The normalized spacial score (nSPS) is 12.2. The fourth-order valence-electron chi connectivity index (χ4n) is 1.52. The Kier molecular flexibility index (Phi) is 1.79. The second-order valence-electron chi connectivity index (χ2n) is 4.05. The maximum Gasteiger partial charge on any atom is 0.137 e. The molecule has 3 nitrogen and oxygen atoms in total. The van der Waals surface area contributed by atoms with Crippen LogP contribution in [0.3, 0.4) is 0 Å². The highest BCUT2D eigenvalue weighted by molar-refractivity contribution is 5.83. The fraction of sp³-hybridized carbons (Fsp3) is 0.273. The van der Waals surface area contributed by atoms with Gasteiger partial charge in [0.25, 0.3) is 0 Å². The summed E-state index contributed by atoms with van der Waals surface area (Å²) >= 11 is 0. The van der Waals surface area contributed by atoms with Gasteiger partial charge in [0, 0.05) is 22.6 Å². The molecule has 74 valence electrons. The van der Waals surface area contributed by atoms with E-state index in [2.05, 4.69) is 0 Å². The number of hydrogen-bond acceptors (Lipinski definition) is 3. The summed E-state index contributed by atoms with van der Waals surface area (Å²) in [5.41, 5.74) is 7.17. The van der Waals surface area contributed by atoms with E-state index < -0.39 is 5.54 Å². The van der Waals surface area contributed by atoms with E-state index in [0.29, 0.717) is 5.58 Å². The quantitative estimate of drug-likeness (QED) is 0.727. The van der Waals surface area contributed by atoms with Crippen LogP contribution in [0.1, 0.15) is 19.4 Å². The summed E-state index contributed by atoms with van der Waals surface area (Å²) < 4.78 is 5.32. The Morgan fingerprint density at radius 2 is 2.07 bits per heavy atom. The zero-order chi connectivity index (χ0) is 10.3. The number of phenols is 1. The molecule has 0 saturated heterocycles. The van der Waals surface area contributed by atoms with Crippen molar-refractivity contribution in [1.29, 1.82) is 0 Å². The van der Waals surface area contributed by atoms with Crippen molar-refractivity contribution in [2.24, 2.45) is 5.73 Å². The summed E-state index contributed by atoms with van der Waals surface area (Å²) in [5, 5.41) is 10.2. The Bertz CT molecular complexity index is 466. The largest absolute Gasteiger partial charge is 0.508 e. The average Bonchev–Trinajstić information content (AvgIpc) is 2.45. The minimum absolute atomic E-state index is 0.202. The van der Waals surface area contributed by atoms with Gasteiger partial charge in [0.2, 0.25) is 0 Å². The van der Waals surface area contributed by atoms with Crippen molar-refractivity contribution in [3.8, 4) is 5.75 Å². The van der Waals surface area contributed by atoms with Gasteiger partial charge in [0.1, 0.15) is 11.3 Å². The highest BCUT2D eigenvalue weighted by atomic mass is 16.3. The van der Waals surface area contributed by atoms with Crippen LogP contribution in [0.4, 0.5) is 0 Å². The average molecular weight is 191 g/mol. The fourth-order valence-corrected chi connectivity index (χ4v) is 1.52. The van der Waals surface area contributed by atoms with Crippen LogP contribution in [0.15, 0.2) is 28.9 Å². The number of phenolic OH excluding ortho intramolecular Hbond substituents is 1. The first-order valence-electron chi connectivity index (χ1n) is 4.48. The Balaban J connectivity index is 2.70. The van der Waals surface area contributed by atoms with Crippen LogP contribution in [0, 0.1) is 0 Å². The second-order valence-corrected chi connectivity index (χ2v) is 4.05. The summed E-state index contributed by atoms with van der Waals surface area (Å²) in [6, 6.07) is 5.04. The molecule has 0 radical (unpaired) electrons. The molecule has 14 heavy (non-hydrogen) atoms. The highest BCUT2D eigenvalue weighted by Crippen LogP contribution is 2.30. The standard InChI is InChI=1S/C11H13NO2/c1-11(2,12)9-6-14-10-5-7(13)3-4-8(9)10/h3-6,13H,12H2,1-2H3. The van der Waals surface area contributed by atoms with Gasteiger partial charge in [-0.15, -0.1) is 0 Å². The molecule has 1 heterocycles. The van der Waals surface area contributed by atoms with Crippen LogP contribution >= 0.6 is 0 Å². The number of benzene rings is 1. The number of aromatic hydroxyl groups is 1. The monoisotopic (exact) mass is 191 g/mol. The van der Waals surface area contributed by atoms with Crippen molar-refractivity contribution in [1.82, 2.24) is 0 Å². The summed E-state index contributed by atoms with van der Waals surface area (Å²) in [4.78, 5) is 0. The lowest BCUT2D eigenvalue weighted by Crippen LogP contribution is -2.28. The highest BCUT2D eigenvalue weighted by Gasteiger charge is 2.19. The van der Waals surface area contributed by atoms with Gasteiger partial charge in [-0.1, -0.05) is 0 Å². The van der Waals surface area contributed by atoms with E-state index in [1.807, 2.05) is 19.9 Å². The number of rotatable bonds is 1. The molecular formula is C11H13NO2. The zero-order valence-corrected chi connectivity index (χ0v) is 8.24. The summed E-state index contributed by atoms with van der Waals surface area (Å²) in [6.45, 7) is 3.84. The van der Waals surface area contributed by atoms with Crippen LogP contribution in [-0.2, 0) is 5.54 Å². The molecule has 0 aliphatic heterocycles. The Hall–Kier alpha value is -1.48. The first kappa shape index (κ1) is 9.09. The molecule has 3 heteroatoms. The van der Waals surface area contributed by atoms with Crippen molar-refractivity contribution in [3.63, 3.8) is 0 Å². The lowest BCUT2D eigenvalue weighted by molar-refractivity contribution is 0.474. The topological polar surface area (TPSA) is 59.4 Å². The van der Waals surface area contributed by atoms with Gasteiger partial charge in [-0.05, 0) is 26.0 Å². The van der Waals surface area contributed by atoms with Gasteiger partial charge >= 0.3 is 0 Å². The molecule has 0 aliphatic rings. The maximum atomic E-state index is 9.25. The van der Waals surface area contributed by atoms with Crippen LogP contribution in [0.25, 0.3) is 11.0 Å². The van der Waals surface area contributed by atoms with Gasteiger partial charge in [0.15, 0.2) is 0 Å². The van der Waals surface area contributed by atoms with Gasteiger partial charge < -0.3 is 15.3 Å². The second kappa shape index (κ2) is 2.75. The Labute approximate surface area is 82.1 Å². The Morgan fingerprint density at radius 3 is 2.71 bits per heavy atom. The number of fused-ring (bicyclic) bond motifs is 1. The van der Waals surface area contributed by atoms with Crippen molar-refractivity contribution in [2.45, 2.75) is 19.4 Å². The number of hydrogen-bond donors (Lipinski definition) is 2. The molecule has 0 saturated carbocycles. The van der Waals surface area contributed by atoms with E-state index in [0.717, 1.165) is 10.9 Å². The van der Waals surface area contributed by atoms with Crippen molar-refractivity contribution < 1.29 is 9.52 Å². The third-order valence-corrected chi connectivity index (χ3v) is 2.25.